The van der Waals surface area contributed by atoms with Gasteiger partial charge in [0.1, 0.15) is 6.61 Å². The lowest BCUT2D eigenvalue weighted by molar-refractivity contribution is -0.131. The number of fused-ring (bicyclic) bond motifs is 1. The predicted molar refractivity (Wildman–Crippen MR) is 76.8 cm³/mol. The van der Waals surface area contributed by atoms with Gasteiger partial charge >= 0.3 is 0 Å². The number of amides is 1. The minimum absolute atomic E-state index is 0.0632. The fraction of sp³-hybridized carbons (Fsp3) is 0.533. The summed E-state index contributed by atoms with van der Waals surface area (Å²) in [4.78, 5) is 12.2. The van der Waals surface area contributed by atoms with Gasteiger partial charge in [0.05, 0.1) is 0 Å². The van der Waals surface area contributed by atoms with Gasteiger partial charge in [0, 0.05) is 6.04 Å². The zero-order chi connectivity index (χ0) is 14.5. The highest BCUT2D eigenvalue weighted by molar-refractivity contribution is 5.82. The second-order valence-electron chi connectivity index (χ2n) is 5.30. The summed E-state index contributed by atoms with van der Waals surface area (Å²) < 4.78 is 11.2. The normalized spacial score (nSPS) is 18.7. The van der Waals surface area contributed by atoms with E-state index in [1.807, 2.05) is 18.2 Å². The Morgan fingerprint density at radius 1 is 1.40 bits per heavy atom. The second-order valence-corrected chi connectivity index (χ2v) is 5.30. The number of benzene rings is 1. The molecule has 5 nitrogen and oxygen atoms in total. The first-order valence-corrected chi connectivity index (χ1v) is 7.00. The second kappa shape index (κ2) is 6.61. The van der Waals surface area contributed by atoms with Crippen LogP contribution in [-0.4, -0.2) is 31.2 Å². The molecule has 1 aromatic carbocycles. The minimum atomic E-state index is -0.607. The SMILES string of the molecule is CC(C)C(CCN)NC(=O)C1COc2ccccc2O1. The molecule has 2 rings (SSSR count). The quantitative estimate of drug-likeness (QED) is 0.852. The van der Waals surface area contributed by atoms with Crippen molar-refractivity contribution in [2.75, 3.05) is 13.2 Å². The van der Waals surface area contributed by atoms with E-state index in [9.17, 15) is 4.79 Å². The number of rotatable bonds is 5. The van der Waals surface area contributed by atoms with Gasteiger partial charge in [-0.1, -0.05) is 26.0 Å². The monoisotopic (exact) mass is 278 g/mol. The van der Waals surface area contributed by atoms with Crippen LogP contribution in [0.25, 0.3) is 0 Å². The number of nitrogens with two attached hydrogens (primary N) is 1. The van der Waals surface area contributed by atoms with E-state index in [4.69, 9.17) is 15.2 Å². The molecular weight excluding hydrogens is 256 g/mol. The number of ether oxygens (including phenoxy) is 2. The molecule has 1 heterocycles. The van der Waals surface area contributed by atoms with E-state index in [0.717, 1.165) is 6.42 Å². The van der Waals surface area contributed by atoms with Crippen molar-refractivity contribution in [1.29, 1.82) is 0 Å². The topological polar surface area (TPSA) is 73.6 Å². The predicted octanol–water partition coefficient (Wildman–Crippen LogP) is 1.32. The van der Waals surface area contributed by atoms with Crippen molar-refractivity contribution in [1.82, 2.24) is 5.32 Å². The molecule has 1 amide bonds. The third kappa shape index (κ3) is 3.42. The average molecular weight is 278 g/mol. The van der Waals surface area contributed by atoms with E-state index >= 15 is 0 Å². The van der Waals surface area contributed by atoms with Crippen LogP contribution in [0, 0.1) is 5.92 Å². The van der Waals surface area contributed by atoms with Crippen molar-refractivity contribution >= 4 is 5.91 Å². The molecule has 110 valence electrons. The molecule has 0 aliphatic carbocycles. The molecule has 0 saturated heterocycles. The van der Waals surface area contributed by atoms with Gasteiger partial charge in [-0.3, -0.25) is 4.79 Å². The summed E-state index contributed by atoms with van der Waals surface area (Å²) in [6.07, 6.45) is 0.150. The van der Waals surface area contributed by atoms with Crippen LogP contribution in [0.15, 0.2) is 24.3 Å². The molecule has 2 atom stereocenters. The highest BCUT2D eigenvalue weighted by atomic mass is 16.6. The van der Waals surface area contributed by atoms with Crippen LogP contribution < -0.4 is 20.5 Å². The Bertz CT molecular complexity index is 462. The molecule has 0 aromatic heterocycles. The molecule has 0 radical (unpaired) electrons. The third-order valence-corrected chi connectivity index (χ3v) is 3.41. The van der Waals surface area contributed by atoms with Gasteiger partial charge in [0.25, 0.3) is 5.91 Å². The Morgan fingerprint density at radius 2 is 2.10 bits per heavy atom. The van der Waals surface area contributed by atoms with Crippen LogP contribution in [0.5, 0.6) is 11.5 Å². The van der Waals surface area contributed by atoms with Gasteiger partial charge in [-0.2, -0.15) is 0 Å². The lowest BCUT2D eigenvalue weighted by atomic mass is 10.0. The van der Waals surface area contributed by atoms with Crippen LogP contribution in [0.4, 0.5) is 0 Å². The molecule has 0 fully saturated rings. The first-order valence-electron chi connectivity index (χ1n) is 7.00. The lowest BCUT2D eigenvalue weighted by Crippen LogP contribution is -2.49. The first-order chi connectivity index (χ1) is 9.61. The molecule has 2 unspecified atom stereocenters. The molecule has 5 heteroatoms. The third-order valence-electron chi connectivity index (χ3n) is 3.41. The molecule has 1 aliphatic heterocycles. The van der Waals surface area contributed by atoms with Gasteiger partial charge < -0.3 is 20.5 Å². The van der Waals surface area contributed by atoms with Crippen molar-refractivity contribution in [3.63, 3.8) is 0 Å². The van der Waals surface area contributed by atoms with Crippen molar-refractivity contribution in [2.45, 2.75) is 32.4 Å². The Hall–Kier alpha value is -1.75. The lowest BCUT2D eigenvalue weighted by Gasteiger charge is -2.28. The van der Waals surface area contributed by atoms with Crippen molar-refractivity contribution in [3.8, 4) is 11.5 Å². The first kappa shape index (κ1) is 14.7. The summed E-state index contributed by atoms with van der Waals surface area (Å²) in [7, 11) is 0. The molecule has 1 aliphatic rings. The molecule has 0 saturated carbocycles. The van der Waals surface area contributed by atoms with E-state index in [2.05, 4.69) is 19.2 Å². The molecule has 0 spiro atoms. The maximum absolute atomic E-state index is 12.2. The minimum Gasteiger partial charge on any atom is -0.485 e. The van der Waals surface area contributed by atoms with Gasteiger partial charge in [0.2, 0.25) is 6.10 Å². The van der Waals surface area contributed by atoms with Crippen molar-refractivity contribution < 1.29 is 14.3 Å². The summed E-state index contributed by atoms with van der Waals surface area (Å²) in [5.41, 5.74) is 5.58. The maximum Gasteiger partial charge on any atom is 0.264 e. The van der Waals surface area contributed by atoms with Gasteiger partial charge in [-0.25, -0.2) is 0 Å². The molecular formula is C15H22N2O3. The van der Waals surface area contributed by atoms with Gasteiger partial charge in [-0.05, 0) is 31.0 Å². The Kier molecular flexibility index (Phi) is 4.84. The van der Waals surface area contributed by atoms with E-state index in [0.29, 0.717) is 24.0 Å². The smallest absolute Gasteiger partial charge is 0.264 e. The number of hydrogen-bond acceptors (Lipinski definition) is 4. The van der Waals surface area contributed by atoms with Crippen LogP contribution in [0.2, 0.25) is 0 Å². The largest absolute Gasteiger partial charge is 0.485 e. The standard InChI is InChI=1S/C15H22N2O3/c1-10(2)11(7-8-16)17-15(18)14-9-19-12-5-3-4-6-13(12)20-14/h3-6,10-11,14H,7-9,16H2,1-2H3,(H,17,18). The number of carbonyl (C=O) groups excluding carboxylic acids is 1. The zero-order valence-electron chi connectivity index (χ0n) is 12.0. The van der Waals surface area contributed by atoms with E-state index in [1.54, 1.807) is 6.07 Å². The number of nitrogens with one attached hydrogen (secondary N) is 1. The molecule has 3 N–H and O–H groups in total. The Labute approximate surface area is 119 Å². The van der Waals surface area contributed by atoms with Crippen LogP contribution in [0.1, 0.15) is 20.3 Å². The highest BCUT2D eigenvalue weighted by Crippen LogP contribution is 2.30. The number of carbonyl (C=O) groups is 1. The fourth-order valence-electron chi connectivity index (χ4n) is 2.18. The zero-order valence-corrected chi connectivity index (χ0v) is 12.0. The summed E-state index contributed by atoms with van der Waals surface area (Å²) in [5.74, 6) is 1.48. The van der Waals surface area contributed by atoms with Crippen molar-refractivity contribution in [3.05, 3.63) is 24.3 Å². The summed E-state index contributed by atoms with van der Waals surface area (Å²) in [6, 6.07) is 7.42. The molecule has 20 heavy (non-hydrogen) atoms. The Morgan fingerprint density at radius 3 is 2.75 bits per heavy atom. The van der Waals surface area contributed by atoms with E-state index in [-0.39, 0.29) is 18.6 Å². The van der Waals surface area contributed by atoms with Crippen LogP contribution in [0.3, 0.4) is 0 Å². The van der Waals surface area contributed by atoms with E-state index in [1.165, 1.54) is 0 Å². The number of hydrogen-bond donors (Lipinski definition) is 2. The van der Waals surface area contributed by atoms with Crippen molar-refractivity contribution in [2.24, 2.45) is 11.7 Å². The van der Waals surface area contributed by atoms with Crippen LogP contribution >= 0.6 is 0 Å². The molecule has 0 bridgehead atoms. The van der Waals surface area contributed by atoms with Gasteiger partial charge in [-0.15, -0.1) is 0 Å². The number of para-hydroxylation sites is 2. The summed E-state index contributed by atoms with van der Waals surface area (Å²) in [5, 5.41) is 2.99. The summed E-state index contributed by atoms with van der Waals surface area (Å²) >= 11 is 0. The fourth-order valence-corrected chi connectivity index (χ4v) is 2.18. The Balaban J connectivity index is 1.97. The van der Waals surface area contributed by atoms with Crippen LogP contribution in [-0.2, 0) is 4.79 Å². The summed E-state index contributed by atoms with van der Waals surface area (Å²) in [6.45, 7) is 4.91. The van der Waals surface area contributed by atoms with Gasteiger partial charge in [0.15, 0.2) is 11.5 Å². The molecule has 1 aromatic rings. The average Bonchev–Trinajstić information content (AvgIpc) is 2.46. The highest BCUT2D eigenvalue weighted by Gasteiger charge is 2.29. The van der Waals surface area contributed by atoms with E-state index < -0.39 is 6.10 Å². The maximum atomic E-state index is 12.2.